The first-order chi connectivity index (χ1) is 16.7. The number of pyridine rings is 1. The van der Waals surface area contributed by atoms with Gasteiger partial charge >= 0.3 is 12.1 Å². The van der Waals surface area contributed by atoms with Crippen LogP contribution in [0.4, 0.5) is 13.2 Å². The van der Waals surface area contributed by atoms with E-state index in [-0.39, 0.29) is 36.7 Å². The number of hydrogen-bond acceptors (Lipinski definition) is 6. The number of ether oxygens (including phenoxy) is 2. The summed E-state index contributed by atoms with van der Waals surface area (Å²) in [5.74, 6) is -1.45. The summed E-state index contributed by atoms with van der Waals surface area (Å²) in [6.07, 6.45) is -4.35. The SMILES string of the molecule is O=C(O)c1cccc(-c2c(C(=O)N[C@H]3COc4ccc(C(F)(F)F)cc4C3)nn3c2COCC3)n1. The summed E-state index contributed by atoms with van der Waals surface area (Å²) >= 11 is 0. The van der Waals surface area contributed by atoms with Gasteiger partial charge in [-0.25, -0.2) is 9.78 Å². The highest BCUT2D eigenvalue weighted by atomic mass is 19.4. The Morgan fingerprint density at radius 1 is 1.20 bits per heavy atom. The zero-order chi connectivity index (χ0) is 24.7. The first-order valence-corrected chi connectivity index (χ1v) is 10.7. The van der Waals surface area contributed by atoms with Crippen molar-refractivity contribution in [2.24, 2.45) is 0 Å². The van der Waals surface area contributed by atoms with Crippen molar-refractivity contribution in [3.63, 3.8) is 0 Å². The van der Waals surface area contributed by atoms with Gasteiger partial charge in [0.2, 0.25) is 0 Å². The predicted octanol–water partition coefficient (Wildman–Crippen LogP) is 2.93. The highest BCUT2D eigenvalue weighted by molar-refractivity contribution is 5.99. The molecule has 12 heteroatoms. The fraction of sp³-hybridized carbons (Fsp3) is 0.304. The van der Waals surface area contributed by atoms with Crippen molar-refractivity contribution in [3.05, 3.63) is 64.6 Å². The molecule has 9 nitrogen and oxygen atoms in total. The molecule has 182 valence electrons. The number of hydrogen-bond donors (Lipinski definition) is 2. The first kappa shape index (κ1) is 22.8. The molecule has 1 atom stereocenters. The number of benzene rings is 1. The summed E-state index contributed by atoms with van der Waals surface area (Å²) in [5, 5.41) is 16.5. The molecular formula is C23H19F3N4O5. The number of aromatic nitrogens is 3. The second kappa shape index (κ2) is 8.69. The summed E-state index contributed by atoms with van der Waals surface area (Å²) in [4.78, 5) is 28.8. The van der Waals surface area contributed by atoms with Crippen LogP contribution in [0.25, 0.3) is 11.3 Å². The quantitative estimate of drug-likeness (QED) is 0.580. The van der Waals surface area contributed by atoms with Crippen LogP contribution < -0.4 is 10.1 Å². The molecule has 0 fully saturated rings. The van der Waals surface area contributed by atoms with Crippen LogP contribution in [0.2, 0.25) is 0 Å². The van der Waals surface area contributed by atoms with E-state index < -0.39 is 29.7 Å². The molecule has 0 spiro atoms. The van der Waals surface area contributed by atoms with Crippen molar-refractivity contribution >= 4 is 11.9 Å². The Balaban J connectivity index is 1.44. The number of rotatable bonds is 4. The summed E-state index contributed by atoms with van der Waals surface area (Å²) in [5.41, 5.74) is 0.559. The van der Waals surface area contributed by atoms with Gasteiger partial charge in [-0.1, -0.05) is 6.07 Å². The van der Waals surface area contributed by atoms with Crippen LogP contribution in [-0.2, 0) is 30.5 Å². The minimum absolute atomic E-state index is 0.0235. The third-order valence-electron chi connectivity index (χ3n) is 5.81. The average Bonchev–Trinajstić information content (AvgIpc) is 3.23. The van der Waals surface area contributed by atoms with Crippen LogP contribution in [0.15, 0.2) is 36.4 Å². The second-order valence-electron chi connectivity index (χ2n) is 8.17. The molecule has 1 aromatic carbocycles. The number of carboxylic acids is 1. The molecule has 0 saturated heterocycles. The van der Waals surface area contributed by atoms with E-state index in [4.69, 9.17) is 9.47 Å². The van der Waals surface area contributed by atoms with Crippen molar-refractivity contribution in [1.82, 2.24) is 20.1 Å². The molecule has 5 rings (SSSR count). The van der Waals surface area contributed by atoms with E-state index in [9.17, 15) is 27.9 Å². The van der Waals surface area contributed by atoms with Gasteiger partial charge in [-0.3, -0.25) is 9.48 Å². The number of alkyl halides is 3. The minimum Gasteiger partial charge on any atom is -0.491 e. The molecule has 0 unspecified atom stereocenters. The predicted molar refractivity (Wildman–Crippen MR) is 114 cm³/mol. The van der Waals surface area contributed by atoms with Crippen molar-refractivity contribution in [3.8, 4) is 17.0 Å². The van der Waals surface area contributed by atoms with Gasteiger partial charge in [-0.05, 0) is 42.3 Å². The van der Waals surface area contributed by atoms with Gasteiger partial charge in [-0.2, -0.15) is 18.3 Å². The van der Waals surface area contributed by atoms with E-state index in [1.807, 2.05) is 0 Å². The van der Waals surface area contributed by atoms with Crippen LogP contribution in [0.3, 0.4) is 0 Å². The molecule has 2 aliphatic rings. The van der Waals surface area contributed by atoms with Gasteiger partial charge in [0.25, 0.3) is 5.91 Å². The fourth-order valence-electron chi connectivity index (χ4n) is 4.19. The van der Waals surface area contributed by atoms with Gasteiger partial charge in [-0.15, -0.1) is 0 Å². The number of carbonyl (C=O) groups excluding carboxylic acids is 1. The summed E-state index contributed by atoms with van der Waals surface area (Å²) in [6, 6.07) is 7.09. The standard InChI is InChI=1S/C23H19F3N4O5/c24-23(25,26)13-4-5-18-12(8-13)9-14(10-35-18)27-21(31)20-19(17-11-34-7-6-30(17)29-20)15-2-1-3-16(28-15)22(32)33/h1-5,8,14H,6-7,9-11H2,(H,27,31)(H,32,33)/t14-/m1/s1. The van der Waals surface area contributed by atoms with E-state index in [1.54, 1.807) is 10.7 Å². The Labute approximate surface area is 196 Å². The number of nitrogens with one attached hydrogen (secondary N) is 1. The van der Waals surface area contributed by atoms with Crippen molar-refractivity contribution in [2.45, 2.75) is 31.8 Å². The van der Waals surface area contributed by atoms with Gasteiger partial charge in [0, 0.05) is 0 Å². The van der Waals surface area contributed by atoms with E-state index in [1.165, 1.54) is 18.2 Å². The van der Waals surface area contributed by atoms with E-state index >= 15 is 0 Å². The monoisotopic (exact) mass is 488 g/mol. The smallest absolute Gasteiger partial charge is 0.416 e. The zero-order valence-electron chi connectivity index (χ0n) is 18.1. The van der Waals surface area contributed by atoms with Crippen molar-refractivity contribution in [1.29, 1.82) is 0 Å². The van der Waals surface area contributed by atoms with Gasteiger partial charge in [0.15, 0.2) is 5.69 Å². The summed E-state index contributed by atoms with van der Waals surface area (Å²) in [6.45, 7) is 1.03. The molecule has 0 saturated carbocycles. The van der Waals surface area contributed by atoms with Crippen LogP contribution >= 0.6 is 0 Å². The van der Waals surface area contributed by atoms with E-state index in [2.05, 4.69) is 15.4 Å². The number of halogens is 3. The normalized spacial score (nSPS) is 17.2. The van der Waals surface area contributed by atoms with Gasteiger partial charge < -0.3 is 19.9 Å². The lowest BCUT2D eigenvalue weighted by molar-refractivity contribution is -0.137. The van der Waals surface area contributed by atoms with Crippen LogP contribution in [-0.4, -0.2) is 51.0 Å². The first-order valence-electron chi connectivity index (χ1n) is 10.7. The largest absolute Gasteiger partial charge is 0.491 e. The third kappa shape index (κ3) is 4.44. The Morgan fingerprint density at radius 2 is 2.03 bits per heavy atom. The third-order valence-corrected chi connectivity index (χ3v) is 5.81. The van der Waals surface area contributed by atoms with Crippen LogP contribution in [0.5, 0.6) is 5.75 Å². The Hall–Kier alpha value is -3.93. The highest BCUT2D eigenvalue weighted by Crippen LogP contribution is 2.35. The Kier molecular flexibility index (Phi) is 5.67. The molecule has 2 aliphatic heterocycles. The molecule has 35 heavy (non-hydrogen) atoms. The molecule has 3 aromatic rings. The van der Waals surface area contributed by atoms with E-state index in [0.717, 1.165) is 12.1 Å². The topological polar surface area (TPSA) is 116 Å². The molecule has 1 amide bonds. The fourth-order valence-corrected chi connectivity index (χ4v) is 4.19. The van der Waals surface area contributed by atoms with E-state index in [0.29, 0.717) is 35.7 Å². The molecule has 4 heterocycles. The molecule has 0 radical (unpaired) electrons. The molecule has 0 aliphatic carbocycles. The molecule has 0 bridgehead atoms. The maximum Gasteiger partial charge on any atom is 0.416 e. The van der Waals surface area contributed by atoms with Gasteiger partial charge in [0.1, 0.15) is 18.1 Å². The second-order valence-corrected chi connectivity index (χ2v) is 8.17. The minimum atomic E-state index is -4.49. The maximum atomic E-state index is 13.3. The summed E-state index contributed by atoms with van der Waals surface area (Å²) in [7, 11) is 0. The lowest BCUT2D eigenvalue weighted by atomic mass is 9.99. The Morgan fingerprint density at radius 3 is 2.80 bits per heavy atom. The average molecular weight is 488 g/mol. The van der Waals surface area contributed by atoms with Crippen molar-refractivity contribution < 1.29 is 37.3 Å². The summed E-state index contributed by atoms with van der Waals surface area (Å²) < 4.78 is 52.0. The number of carbonyl (C=O) groups is 2. The molecule has 2 aromatic heterocycles. The number of nitrogens with zero attached hydrogens (tertiary/aromatic N) is 3. The highest BCUT2D eigenvalue weighted by Gasteiger charge is 2.33. The molecule has 2 N–H and O–H groups in total. The van der Waals surface area contributed by atoms with Crippen LogP contribution in [0, 0.1) is 0 Å². The zero-order valence-corrected chi connectivity index (χ0v) is 18.1. The number of aromatic carboxylic acids is 1. The number of fused-ring (bicyclic) bond motifs is 2. The van der Waals surface area contributed by atoms with Crippen molar-refractivity contribution in [2.75, 3.05) is 13.2 Å². The van der Waals surface area contributed by atoms with Gasteiger partial charge in [0.05, 0.1) is 48.3 Å². The lowest BCUT2D eigenvalue weighted by Gasteiger charge is -2.26. The Bertz CT molecular complexity index is 1320. The maximum absolute atomic E-state index is 13.3. The lowest BCUT2D eigenvalue weighted by Crippen LogP contribution is -2.43. The molecular weight excluding hydrogens is 469 g/mol. The van der Waals surface area contributed by atoms with Crippen LogP contribution in [0.1, 0.15) is 37.8 Å². The number of carboxylic acid groups (broad SMARTS) is 1. The number of amides is 1.